The van der Waals surface area contributed by atoms with Crippen molar-refractivity contribution in [3.8, 4) is 0 Å². The summed E-state index contributed by atoms with van der Waals surface area (Å²) in [6, 6.07) is -0.515. The molecule has 0 aliphatic rings. The van der Waals surface area contributed by atoms with Crippen LogP contribution >= 0.6 is 11.6 Å². The van der Waals surface area contributed by atoms with Crippen molar-refractivity contribution in [2.75, 3.05) is 6.54 Å². The van der Waals surface area contributed by atoms with Gasteiger partial charge >= 0.3 is 0 Å². The first-order valence-electron chi connectivity index (χ1n) is 6.13. The van der Waals surface area contributed by atoms with E-state index >= 15 is 0 Å². The molecule has 7 heteroatoms. The zero-order valence-corrected chi connectivity index (χ0v) is 12.1. The molecule has 19 heavy (non-hydrogen) atoms. The van der Waals surface area contributed by atoms with Crippen LogP contribution in [0.5, 0.6) is 0 Å². The molecule has 0 aliphatic carbocycles. The summed E-state index contributed by atoms with van der Waals surface area (Å²) in [4.78, 5) is 23.0. The summed E-state index contributed by atoms with van der Waals surface area (Å²) in [5.74, 6) is -0.376. The third-order valence-corrected chi connectivity index (χ3v) is 2.74. The van der Waals surface area contributed by atoms with Crippen molar-refractivity contribution < 1.29 is 9.59 Å². The van der Waals surface area contributed by atoms with Crippen LogP contribution in [0.2, 0.25) is 5.02 Å². The Bertz CT molecular complexity index is 445. The van der Waals surface area contributed by atoms with E-state index in [2.05, 4.69) is 15.7 Å². The molecular formula is C12H19ClN4O2. The van der Waals surface area contributed by atoms with Crippen molar-refractivity contribution >= 4 is 23.4 Å². The Morgan fingerprint density at radius 1 is 1.47 bits per heavy atom. The minimum absolute atomic E-state index is 0.0306. The monoisotopic (exact) mass is 286 g/mol. The van der Waals surface area contributed by atoms with Crippen LogP contribution in [0.4, 0.5) is 0 Å². The van der Waals surface area contributed by atoms with Crippen molar-refractivity contribution in [3.05, 3.63) is 17.4 Å². The van der Waals surface area contributed by atoms with Gasteiger partial charge in [0.2, 0.25) is 11.8 Å². The number of amides is 2. The number of rotatable bonds is 6. The first-order chi connectivity index (χ1) is 8.90. The topological polar surface area (TPSA) is 76.0 Å². The number of aromatic nitrogens is 2. The van der Waals surface area contributed by atoms with Crippen LogP contribution in [-0.4, -0.2) is 34.2 Å². The highest BCUT2D eigenvalue weighted by Gasteiger charge is 2.22. The Kier molecular flexibility index (Phi) is 5.82. The van der Waals surface area contributed by atoms with E-state index in [9.17, 15) is 9.59 Å². The summed E-state index contributed by atoms with van der Waals surface area (Å²) >= 11 is 5.73. The largest absolute Gasteiger partial charge is 0.352 e. The molecule has 0 bridgehead atoms. The van der Waals surface area contributed by atoms with Crippen LogP contribution in [0, 0.1) is 5.92 Å². The highest BCUT2D eigenvalue weighted by Crippen LogP contribution is 2.04. The first-order valence-corrected chi connectivity index (χ1v) is 6.50. The zero-order valence-electron chi connectivity index (χ0n) is 11.3. The van der Waals surface area contributed by atoms with Crippen molar-refractivity contribution in [3.63, 3.8) is 0 Å². The molecule has 0 saturated heterocycles. The zero-order chi connectivity index (χ0) is 14.4. The summed E-state index contributed by atoms with van der Waals surface area (Å²) in [5.41, 5.74) is 0. The molecule has 2 amide bonds. The highest BCUT2D eigenvalue weighted by molar-refractivity contribution is 6.30. The minimum Gasteiger partial charge on any atom is -0.352 e. The van der Waals surface area contributed by atoms with Crippen molar-refractivity contribution in [1.82, 2.24) is 20.4 Å². The lowest BCUT2D eigenvalue weighted by Crippen LogP contribution is -2.49. The van der Waals surface area contributed by atoms with Gasteiger partial charge in [0.1, 0.15) is 6.04 Å². The molecule has 106 valence electrons. The molecule has 0 radical (unpaired) electrons. The average molecular weight is 287 g/mol. The van der Waals surface area contributed by atoms with Gasteiger partial charge in [0.25, 0.3) is 0 Å². The third-order valence-electron chi connectivity index (χ3n) is 2.55. The molecular weight excluding hydrogens is 268 g/mol. The maximum atomic E-state index is 11.9. The Morgan fingerprint density at radius 2 is 2.16 bits per heavy atom. The smallest absolute Gasteiger partial charge is 0.242 e. The highest BCUT2D eigenvalue weighted by atomic mass is 35.5. The molecule has 2 N–H and O–H groups in total. The molecule has 1 aromatic heterocycles. The number of nitrogens with one attached hydrogen (secondary N) is 2. The van der Waals surface area contributed by atoms with Crippen LogP contribution in [0.3, 0.4) is 0 Å². The quantitative estimate of drug-likeness (QED) is 0.813. The van der Waals surface area contributed by atoms with E-state index in [0.717, 1.165) is 0 Å². The molecule has 0 aromatic carbocycles. The lowest BCUT2D eigenvalue weighted by atomic mass is 10.0. The number of halogens is 1. The van der Waals surface area contributed by atoms with Crippen molar-refractivity contribution in [1.29, 1.82) is 0 Å². The van der Waals surface area contributed by atoms with Gasteiger partial charge in [0.05, 0.1) is 17.8 Å². The number of carbonyl (C=O) groups excluding carboxylic acids is 2. The van der Waals surface area contributed by atoms with E-state index in [1.165, 1.54) is 13.1 Å². The predicted octanol–water partition coefficient (Wildman–Crippen LogP) is 0.813. The van der Waals surface area contributed by atoms with Gasteiger partial charge in [-0.2, -0.15) is 5.10 Å². The standard InChI is InChI=1S/C12H19ClN4O2/c1-8(2)11(16-9(3)18)12(19)14-4-5-17-7-10(13)6-15-17/h6-8,11H,4-5H2,1-3H3,(H,14,19)(H,16,18)/t11-/m0/s1. The molecule has 0 fully saturated rings. The van der Waals surface area contributed by atoms with Gasteiger partial charge in [0.15, 0.2) is 0 Å². The van der Waals surface area contributed by atoms with Gasteiger partial charge in [-0.15, -0.1) is 0 Å². The van der Waals surface area contributed by atoms with Crippen LogP contribution in [0.25, 0.3) is 0 Å². The molecule has 1 heterocycles. The fourth-order valence-corrected chi connectivity index (χ4v) is 1.77. The number of hydrogen-bond acceptors (Lipinski definition) is 3. The van der Waals surface area contributed by atoms with Gasteiger partial charge in [-0.25, -0.2) is 0 Å². The van der Waals surface area contributed by atoms with Crippen LogP contribution < -0.4 is 10.6 Å². The molecule has 6 nitrogen and oxygen atoms in total. The lowest BCUT2D eigenvalue weighted by Gasteiger charge is -2.20. The Hall–Kier alpha value is -1.56. The van der Waals surface area contributed by atoms with Crippen molar-refractivity contribution in [2.24, 2.45) is 5.92 Å². The van der Waals surface area contributed by atoms with Crippen LogP contribution in [0.1, 0.15) is 20.8 Å². The summed E-state index contributed by atoms with van der Waals surface area (Å²) in [7, 11) is 0. The predicted molar refractivity (Wildman–Crippen MR) is 72.7 cm³/mol. The Balaban J connectivity index is 2.42. The van der Waals surface area contributed by atoms with Gasteiger partial charge in [-0.05, 0) is 5.92 Å². The molecule has 1 aromatic rings. The third kappa shape index (κ3) is 5.30. The fourth-order valence-electron chi connectivity index (χ4n) is 1.62. The number of hydrogen-bond donors (Lipinski definition) is 2. The van der Waals surface area contributed by atoms with Crippen LogP contribution in [0.15, 0.2) is 12.4 Å². The SMILES string of the molecule is CC(=O)N[C@H](C(=O)NCCn1cc(Cl)cn1)C(C)C. The summed E-state index contributed by atoms with van der Waals surface area (Å²) in [6.45, 7) is 6.12. The second-order valence-electron chi connectivity index (χ2n) is 4.63. The lowest BCUT2D eigenvalue weighted by molar-refractivity contribution is -0.129. The average Bonchev–Trinajstić information content (AvgIpc) is 2.71. The normalized spacial score (nSPS) is 12.3. The molecule has 0 spiro atoms. The Labute approximate surface area is 117 Å². The Morgan fingerprint density at radius 3 is 2.63 bits per heavy atom. The molecule has 1 rings (SSSR count). The summed E-state index contributed by atoms with van der Waals surface area (Å²) in [5, 5.41) is 9.97. The van der Waals surface area contributed by atoms with E-state index in [-0.39, 0.29) is 17.7 Å². The fraction of sp³-hybridized carbons (Fsp3) is 0.583. The van der Waals surface area contributed by atoms with Gasteiger partial charge in [-0.1, -0.05) is 25.4 Å². The second kappa shape index (κ2) is 7.13. The van der Waals surface area contributed by atoms with Gasteiger partial charge in [-0.3, -0.25) is 14.3 Å². The minimum atomic E-state index is -0.515. The van der Waals surface area contributed by atoms with Crippen molar-refractivity contribution in [2.45, 2.75) is 33.4 Å². The van der Waals surface area contributed by atoms with Gasteiger partial charge < -0.3 is 10.6 Å². The second-order valence-corrected chi connectivity index (χ2v) is 5.07. The van der Waals surface area contributed by atoms with Crippen LogP contribution in [-0.2, 0) is 16.1 Å². The number of nitrogens with zero attached hydrogens (tertiary/aromatic N) is 2. The molecule has 1 atom stereocenters. The van der Waals surface area contributed by atoms with E-state index in [1.807, 2.05) is 13.8 Å². The van der Waals surface area contributed by atoms with E-state index in [4.69, 9.17) is 11.6 Å². The number of carbonyl (C=O) groups is 2. The maximum absolute atomic E-state index is 11.9. The molecule has 0 aliphatic heterocycles. The maximum Gasteiger partial charge on any atom is 0.242 e. The summed E-state index contributed by atoms with van der Waals surface area (Å²) in [6.07, 6.45) is 3.22. The first kappa shape index (κ1) is 15.5. The molecule has 0 saturated carbocycles. The van der Waals surface area contributed by atoms with Gasteiger partial charge in [0, 0.05) is 19.7 Å². The van der Waals surface area contributed by atoms with E-state index in [0.29, 0.717) is 18.1 Å². The summed E-state index contributed by atoms with van der Waals surface area (Å²) < 4.78 is 1.64. The molecule has 0 unspecified atom stereocenters. The van der Waals surface area contributed by atoms with E-state index < -0.39 is 6.04 Å². The van der Waals surface area contributed by atoms with E-state index in [1.54, 1.807) is 10.9 Å².